The zero-order valence-electron chi connectivity index (χ0n) is 6.67. The van der Waals surface area contributed by atoms with E-state index >= 15 is 0 Å². The fourth-order valence-electron chi connectivity index (χ4n) is 1.60. The minimum absolute atomic E-state index is 0.630. The third kappa shape index (κ3) is 1.48. The zero-order valence-corrected chi connectivity index (χ0v) is 6.67. The van der Waals surface area contributed by atoms with Crippen LogP contribution in [0, 0.1) is 17.2 Å². The van der Waals surface area contributed by atoms with Crippen molar-refractivity contribution in [1.29, 1.82) is 5.26 Å². The molecule has 2 nitrogen and oxygen atoms in total. The molecule has 56 valence electrons. The molecule has 0 aromatic rings. The van der Waals surface area contributed by atoms with E-state index in [0.29, 0.717) is 12.0 Å². The van der Waals surface area contributed by atoms with Gasteiger partial charge in [0.2, 0.25) is 0 Å². The van der Waals surface area contributed by atoms with Gasteiger partial charge in [-0.3, -0.25) is 0 Å². The van der Waals surface area contributed by atoms with Crippen molar-refractivity contribution >= 4 is 0 Å². The molecule has 1 aliphatic heterocycles. The summed E-state index contributed by atoms with van der Waals surface area (Å²) in [6.07, 6.45) is 1.93. The highest BCUT2D eigenvalue weighted by atomic mass is 15.1. The van der Waals surface area contributed by atoms with Crippen molar-refractivity contribution < 1.29 is 0 Å². The lowest BCUT2D eigenvalue weighted by Crippen LogP contribution is -2.21. The Bertz CT molecular complexity index is 138. The fourth-order valence-corrected chi connectivity index (χ4v) is 1.60. The molecule has 1 heterocycles. The summed E-state index contributed by atoms with van der Waals surface area (Å²) >= 11 is 0. The van der Waals surface area contributed by atoms with Gasteiger partial charge in [0, 0.05) is 19.0 Å². The first-order valence-electron chi connectivity index (χ1n) is 3.81. The Hall–Kier alpha value is -0.550. The van der Waals surface area contributed by atoms with Crippen LogP contribution in [0.2, 0.25) is 0 Å². The lowest BCUT2D eigenvalue weighted by Gasteiger charge is -2.12. The molecule has 0 aromatic carbocycles. The molecule has 1 fully saturated rings. The molecule has 0 amide bonds. The molecule has 2 heteroatoms. The Morgan fingerprint density at radius 2 is 2.40 bits per heavy atom. The van der Waals surface area contributed by atoms with Gasteiger partial charge in [-0.15, -0.1) is 0 Å². The molecule has 0 aromatic heterocycles. The first kappa shape index (κ1) is 7.56. The van der Waals surface area contributed by atoms with E-state index in [4.69, 9.17) is 5.26 Å². The van der Waals surface area contributed by atoms with Gasteiger partial charge in [-0.05, 0) is 26.3 Å². The summed E-state index contributed by atoms with van der Waals surface area (Å²) in [7, 11) is 2.13. The van der Waals surface area contributed by atoms with Crippen molar-refractivity contribution in [3.63, 3.8) is 0 Å². The molecule has 0 aliphatic carbocycles. The largest absolute Gasteiger partial charge is 0.303 e. The highest BCUT2D eigenvalue weighted by molar-refractivity contribution is 4.86. The number of hydrogen-bond donors (Lipinski definition) is 0. The van der Waals surface area contributed by atoms with Crippen molar-refractivity contribution in [3.05, 3.63) is 0 Å². The van der Waals surface area contributed by atoms with E-state index in [1.54, 1.807) is 0 Å². The molecular weight excluding hydrogens is 124 g/mol. The smallest absolute Gasteiger partial charge is 0.0625 e. The Kier molecular flexibility index (Phi) is 2.29. The maximum Gasteiger partial charge on any atom is 0.0625 e. The van der Waals surface area contributed by atoms with Crippen molar-refractivity contribution in [2.45, 2.75) is 25.8 Å². The first-order chi connectivity index (χ1) is 4.74. The molecule has 10 heavy (non-hydrogen) atoms. The van der Waals surface area contributed by atoms with Crippen LogP contribution in [0.4, 0.5) is 0 Å². The Balaban J connectivity index is 2.35. The Labute approximate surface area is 62.4 Å². The lowest BCUT2D eigenvalue weighted by atomic mass is 10.0. The monoisotopic (exact) mass is 138 g/mol. The summed E-state index contributed by atoms with van der Waals surface area (Å²) in [5, 5.41) is 8.43. The van der Waals surface area contributed by atoms with E-state index in [-0.39, 0.29) is 0 Å². The molecule has 0 spiro atoms. The van der Waals surface area contributed by atoms with Crippen LogP contribution in [0.15, 0.2) is 0 Å². The normalized spacial score (nSPS) is 34.1. The summed E-state index contributed by atoms with van der Waals surface area (Å²) in [6.45, 7) is 3.33. The Morgan fingerprint density at radius 3 is 2.80 bits per heavy atom. The van der Waals surface area contributed by atoms with Gasteiger partial charge in [-0.2, -0.15) is 5.26 Å². The van der Waals surface area contributed by atoms with Crippen molar-refractivity contribution in [2.75, 3.05) is 13.6 Å². The summed E-state index contributed by atoms with van der Waals surface area (Å²) < 4.78 is 0. The van der Waals surface area contributed by atoms with Gasteiger partial charge < -0.3 is 4.90 Å². The van der Waals surface area contributed by atoms with Gasteiger partial charge in [-0.1, -0.05) is 0 Å². The highest BCUT2D eigenvalue weighted by Gasteiger charge is 2.25. The van der Waals surface area contributed by atoms with Gasteiger partial charge in [-0.25, -0.2) is 0 Å². The van der Waals surface area contributed by atoms with Crippen LogP contribution in [0.5, 0.6) is 0 Å². The summed E-state index contributed by atoms with van der Waals surface area (Å²) in [5.74, 6) is 0.630. The molecular formula is C8H14N2. The molecule has 0 radical (unpaired) electrons. The van der Waals surface area contributed by atoms with Crippen LogP contribution in [0.3, 0.4) is 0 Å². The third-order valence-corrected chi connectivity index (χ3v) is 2.35. The number of rotatable bonds is 1. The molecule has 0 saturated carbocycles. The molecule has 1 rings (SSSR count). The van der Waals surface area contributed by atoms with Crippen molar-refractivity contribution in [2.24, 2.45) is 5.92 Å². The molecule has 1 aliphatic rings. The minimum atomic E-state index is 0.630. The van der Waals surface area contributed by atoms with Gasteiger partial charge in [0.25, 0.3) is 0 Å². The average molecular weight is 138 g/mol. The van der Waals surface area contributed by atoms with Crippen LogP contribution in [-0.4, -0.2) is 24.5 Å². The number of likely N-dealkylation sites (tertiary alicyclic amines) is 1. The molecule has 2 atom stereocenters. The molecule has 1 saturated heterocycles. The SMILES string of the molecule is CC1CC(CC#N)CN1C. The van der Waals surface area contributed by atoms with Crippen LogP contribution in [0.25, 0.3) is 0 Å². The van der Waals surface area contributed by atoms with Crippen LogP contribution in [-0.2, 0) is 0 Å². The average Bonchev–Trinajstić information content (AvgIpc) is 2.14. The predicted molar refractivity (Wildman–Crippen MR) is 40.4 cm³/mol. The summed E-state index contributed by atoms with van der Waals surface area (Å²) in [6, 6.07) is 2.90. The van der Waals surface area contributed by atoms with E-state index in [1.165, 1.54) is 6.42 Å². The lowest BCUT2D eigenvalue weighted by molar-refractivity contribution is 0.326. The van der Waals surface area contributed by atoms with Crippen LogP contribution >= 0.6 is 0 Å². The number of nitrogens with zero attached hydrogens (tertiary/aromatic N) is 2. The van der Waals surface area contributed by atoms with Gasteiger partial charge in [0.15, 0.2) is 0 Å². The van der Waals surface area contributed by atoms with E-state index < -0.39 is 0 Å². The number of nitriles is 1. The standard InChI is InChI=1S/C8H14N2/c1-7-5-8(3-4-9)6-10(7)2/h7-8H,3,5-6H2,1-2H3. The topological polar surface area (TPSA) is 27.0 Å². The third-order valence-electron chi connectivity index (χ3n) is 2.35. The molecule has 2 unspecified atom stereocenters. The first-order valence-corrected chi connectivity index (χ1v) is 3.81. The van der Waals surface area contributed by atoms with Gasteiger partial charge in [0.05, 0.1) is 6.07 Å². The fraction of sp³-hybridized carbons (Fsp3) is 0.875. The van der Waals surface area contributed by atoms with Crippen LogP contribution in [0.1, 0.15) is 19.8 Å². The zero-order chi connectivity index (χ0) is 7.56. The second-order valence-electron chi connectivity index (χ2n) is 3.25. The number of hydrogen-bond acceptors (Lipinski definition) is 2. The molecule has 0 N–H and O–H groups in total. The second-order valence-corrected chi connectivity index (χ2v) is 3.25. The maximum absolute atomic E-state index is 8.43. The van der Waals surface area contributed by atoms with Crippen molar-refractivity contribution in [3.8, 4) is 6.07 Å². The van der Waals surface area contributed by atoms with E-state index in [2.05, 4.69) is 24.9 Å². The summed E-state index contributed by atoms with van der Waals surface area (Å²) in [4.78, 5) is 2.32. The van der Waals surface area contributed by atoms with E-state index in [1.807, 2.05) is 0 Å². The van der Waals surface area contributed by atoms with Crippen LogP contribution < -0.4 is 0 Å². The van der Waals surface area contributed by atoms with E-state index in [9.17, 15) is 0 Å². The highest BCUT2D eigenvalue weighted by Crippen LogP contribution is 2.22. The summed E-state index contributed by atoms with van der Waals surface area (Å²) in [5.41, 5.74) is 0. The van der Waals surface area contributed by atoms with Gasteiger partial charge in [0.1, 0.15) is 0 Å². The molecule has 0 bridgehead atoms. The van der Waals surface area contributed by atoms with Gasteiger partial charge >= 0.3 is 0 Å². The minimum Gasteiger partial charge on any atom is -0.303 e. The van der Waals surface area contributed by atoms with Crippen molar-refractivity contribution in [1.82, 2.24) is 4.90 Å². The second kappa shape index (κ2) is 3.03. The maximum atomic E-state index is 8.43. The predicted octanol–water partition coefficient (Wildman–Crippen LogP) is 1.24. The van der Waals surface area contributed by atoms with E-state index in [0.717, 1.165) is 13.0 Å². The quantitative estimate of drug-likeness (QED) is 0.545. The Morgan fingerprint density at radius 1 is 1.70 bits per heavy atom.